The molecular weight excluding hydrogens is 384 g/mol. The first-order valence-electron chi connectivity index (χ1n) is 14.0. The summed E-state index contributed by atoms with van der Waals surface area (Å²) in [6.45, 7) is 0. The quantitative estimate of drug-likeness (QED) is 0.254. The Kier molecular flexibility index (Phi) is 3.09. The molecule has 6 rings (SSSR count). The highest BCUT2D eigenvalue weighted by Crippen LogP contribution is 2.44. The molecule has 0 radical (unpaired) electrons. The molecule has 0 bridgehead atoms. The lowest BCUT2D eigenvalue weighted by molar-refractivity contribution is 1.63. The fraction of sp³-hybridized carbons (Fsp3) is 0. The molecule has 0 fully saturated rings. The highest BCUT2D eigenvalue weighted by atomic mass is 14.2. The summed E-state index contributed by atoms with van der Waals surface area (Å²) in [6, 6.07) is 26.2. The van der Waals surface area contributed by atoms with Gasteiger partial charge in [-0.05, 0) is 61.0 Å². The van der Waals surface area contributed by atoms with Crippen LogP contribution in [0.5, 0.6) is 0 Å². The summed E-state index contributed by atoms with van der Waals surface area (Å²) >= 11 is 0. The maximum absolute atomic E-state index is 9.46. The summed E-state index contributed by atoms with van der Waals surface area (Å²) < 4.78 is 62.7. The van der Waals surface area contributed by atoms with E-state index in [4.69, 9.17) is 6.85 Å². The van der Waals surface area contributed by atoms with Gasteiger partial charge in [-0.2, -0.15) is 0 Å². The maximum Gasteiger partial charge on any atom is 0.0636 e. The number of hydrogen-bond donors (Lipinski definition) is 0. The second kappa shape index (κ2) is 7.83. The van der Waals surface area contributed by atoms with Crippen molar-refractivity contribution in [1.29, 1.82) is 0 Å². The van der Waals surface area contributed by atoms with Crippen molar-refractivity contribution in [2.45, 2.75) is 0 Å². The zero-order chi connectivity index (χ0) is 27.4. The van der Waals surface area contributed by atoms with Crippen LogP contribution in [0.2, 0.25) is 0 Å². The van der Waals surface area contributed by atoms with Gasteiger partial charge >= 0.3 is 0 Å². The fourth-order valence-electron chi connectivity index (χ4n) is 4.25. The molecule has 150 valence electrons. The topological polar surface area (TPSA) is 0 Å². The van der Waals surface area contributed by atoms with Crippen LogP contribution in [0, 0.1) is 0 Å². The number of fused-ring (bicyclic) bond motifs is 2. The maximum atomic E-state index is 9.46. The predicted octanol–water partition coefficient (Wildman–Crippen LogP) is 8.99. The van der Waals surface area contributed by atoms with Crippen molar-refractivity contribution in [2.75, 3.05) is 0 Å². The summed E-state index contributed by atoms with van der Waals surface area (Å²) in [7, 11) is 0. The lowest BCUT2D eigenvalue weighted by Crippen LogP contribution is -1.91. The minimum atomic E-state index is -0.368. The SMILES string of the molecule is [2H]c1c([2H])c([2H])c2c(-c3ccccc3)c3c([2H])c(-c4ccccc4)c([2H])c([2H])c3c(-c3ccccc3)c2c1[2H]. The molecule has 0 heteroatoms. The molecule has 0 aliphatic heterocycles. The lowest BCUT2D eigenvalue weighted by atomic mass is 9.85. The Labute approximate surface area is 198 Å². The van der Waals surface area contributed by atoms with E-state index in [9.17, 15) is 2.74 Å². The van der Waals surface area contributed by atoms with Gasteiger partial charge in [-0.3, -0.25) is 0 Å². The molecule has 0 spiro atoms. The third kappa shape index (κ3) is 3.09. The Morgan fingerprint density at radius 3 is 1.34 bits per heavy atom. The van der Waals surface area contributed by atoms with Crippen molar-refractivity contribution in [3.63, 3.8) is 0 Å². The van der Waals surface area contributed by atoms with Gasteiger partial charge in [0.2, 0.25) is 0 Å². The molecule has 0 heterocycles. The Hall–Kier alpha value is -4.16. The minimum Gasteiger partial charge on any atom is -0.0622 e. The van der Waals surface area contributed by atoms with E-state index < -0.39 is 0 Å². The van der Waals surface area contributed by atoms with Gasteiger partial charge in [-0.1, -0.05) is 127 Å². The average molecular weight is 414 g/mol. The van der Waals surface area contributed by atoms with E-state index in [0.29, 0.717) is 49.5 Å². The summed E-state index contributed by atoms with van der Waals surface area (Å²) in [5.41, 5.74) is 3.16. The summed E-state index contributed by atoms with van der Waals surface area (Å²) in [4.78, 5) is 0. The predicted molar refractivity (Wildman–Crippen MR) is 138 cm³/mol. The van der Waals surface area contributed by atoms with E-state index >= 15 is 0 Å². The van der Waals surface area contributed by atoms with Crippen LogP contribution in [0.1, 0.15) is 9.60 Å². The molecule has 0 aromatic heterocycles. The Bertz CT molecular complexity index is 1900. The summed E-state index contributed by atoms with van der Waals surface area (Å²) in [5, 5.41) is 1.28. The molecule has 0 N–H and O–H groups in total. The molecule has 0 saturated carbocycles. The highest BCUT2D eigenvalue weighted by molar-refractivity contribution is 6.21. The first-order valence-corrected chi connectivity index (χ1v) is 10.5. The van der Waals surface area contributed by atoms with Gasteiger partial charge in [-0.15, -0.1) is 0 Å². The van der Waals surface area contributed by atoms with Crippen molar-refractivity contribution in [3.8, 4) is 33.4 Å². The minimum absolute atomic E-state index is 0.0440. The smallest absolute Gasteiger partial charge is 0.0622 e. The number of hydrogen-bond acceptors (Lipinski definition) is 0. The van der Waals surface area contributed by atoms with Crippen molar-refractivity contribution in [2.24, 2.45) is 0 Å². The standard InChI is InChI=1S/C32H22/c1-4-12-23(13-5-1)26-20-21-29-30(22-26)32(25-16-8-3-9-17-25)28-19-11-10-18-27(28)31(29)24-14-6-2-7-15-24/h1-22H/i10D,11D,18D,19D,20D,21D,22D. The van der Waals surface area contributed by atoms with Crippen LogP contribution in [-0.4, -0.2) is 0 Å². The molecule has 0 aliphatic carbocycles. The van der Waals surface area contributed by atoms with Crippen LogP contribution >= 0.6 is 0 Å². The average Bonchev–Trinajstić information content (AvgIpc) is 2.98. The van der Waals surface area contributed by atoms with Crippen LogP contribution in [0.3, 0.4) is 0 Å². The van der Waals surface area contributed by atoms with Crippen LogP contribution in [0.4, 0.5) is 0 Å². The molecule has 6 aromatic carbocycles. The zero-order valence-electron chi connectivity index (χ0n) is 24.2. The van der Waals surface area contributed by atoms with Crippen LogP contribution in [0.25, 0.3) is 54.9 Å². The molecule has 0 atom stereocenters. The Morgan fingerprint density at radius 2 is 0.812 bits per heavy atom. The molecule has 32 heavy (non-hydrogen) atoms. The molecule has 0 amide bonds. The van der Waals surface area contributed by atoms with E-state index in [0.717, 1.165) is 0 Å². The molecule has 0 aliphatic rings. The van der Waals surface area contributed by atoms with Crippen LogP contribution in [-0.2, 0) is 0 Å². The third-order valence-electron chi connectivity index (χ3n) is 5.69. The van der Waals surface area contributed by atoms with E-state index in [1.54, 1.807) is 0 Å². The monoisotopic (exact) mass is 413 g/mol. The highest BCUT2D eigenvalue weighted by Gasteiger charge is 2.17. The van der Waals surface area contributed by atoms with Crippen molar-refractivity contribution in [1.82, 2.24) is 0 Å². The summed E-state index contributed by atoms with van der Waals surface area (Å²) in [5.74, 6) is 0. The van der Waals surface area contributed by atoms with E-state index in [-0.39, 0.29) is 47.7 Å². The molecule has 0 saturated heterocycles. The molecular formula is C32H22. The second-order valence-electron chi connectivity index (χ2n) is 7.60. The molecule has 0 nitrogen and oxygen atoms in total. The Morgan fingerprint density at radius 1 is 0.375 bits per heavy atom. The van der Waals surface area contributed by atoms with Crippen LogP contribution in [0.15, 0.2) is 133 Å². The van der Waals surface area contributed by atoms with Gasteiger partial charge in [-0.25, -0.2) is 0 Å². The fourth-order valence-corrected chi connectivity index (χ4v) is 4.25. The zero-order valence-corrected chi connectivity index (χ0v) is 17.2. The van der Waals surface area contributed by atoms with Crippen molar-refractivity contribution >= 4 is 21.5 Å². The van der Waals surface area contributed by atoms with E-state index in [2.05, 4.69) is 0 Å². The number of benzene rings is 6. The first-order chi connectivity index (χ1) is 18.8. The largest absolute Gasteiger partial charge is 0.0636 e. The van der Waals surface area contributed by atoms with Gasteiger partial charge in [0.25, 0.3) is 0 Å². The Balaban J connectivity index is 2.01. The lowest BCUT2D eigenvalue weighted by Gasteiger charge is -2.18. The number of rotatable bonds is 3. The molecule has 0 unspecified atom stereocenters. The van der Waals surface area contributed by atoms with E-state index in [1.807, 2.05) is 91.0 Å². The third-order valence-corrected chi connectivity index (χ3v) is 5.69. The second-order valence-corrected chi connectivity index (χ2v) is 7.60. The van der Waals surface area contributed by atoms with Gasteiger partial charge in [0.1, 0.15) is 0 Å². The van der Waals surface area contributed by atoms with Gasteiger partial charge in [0.15, 0.2) is 0 Å². The summed E-state index contributed by atoms with van der Waals surface area (Å²) in [6.07, 6.45) is 0. The first kappa shape index (κ1) is 12.6. The van der Waals surface area contributed by atoms with Gasteiger partial charge in [0.05, 0.1) is 9.60 Å². The normalized spacial score (nSPS) is 14.2. The van der Waals surface area contributed by atoms with Crippen LogP contribution < -0.4 is 0 Å². The van der Waals surface area contributed by atoms with Gasteiger partial charge in [0, 0.05) is 0 Å². The van der Waals surface area contributed by atoms with E-state index in [1.165, 1.54) is 0 Å². The van der Waals surface area contributed by atoms with Crippen molar-refractivity contribution in [3.05, 3.63) is 133 Å². The molecule has 6 aromatic rings. The van der Waals surface area contributed by atoms with Gasteiger partial charge < -0.3 is 0 Å². The van der Waals surface area contributed by atoms with Crippen molar-refractivity contribution < 1.29 is 9.60 Å².